The number of aliphatic hydroxyl groups is 7. The SMILES string of the molecule is CCCCCCCCCCCCC/C=C\C/C=C\CCCCCCCCCCCCCCCCCCC(O)C(=O)NC(COC1OC(CO)C(O)C(O)C1O)C(O)C(O)CCCCCCC. The molecule has 1 aliphatic rings. The predicted molar refractivity (Wildman–Crippen MR) is 270 cm³/mol. The Bertz CT molecular complexity index is 1120. The second kappa shape index (κ2) is 44.8. The van der Waals surface area contributed by atoms with Gasteiger partial charge in [-0.3, -0.25) is 4.79 Å². The van der Waals surface area contributed by atoms with Crippen LogP contribution in [0.15, 0.2) is 24.3 Å². The van der Waals surface area contributed by atoms with Crippen molar-refractivity contribution in [3.63, 3.8) is 0 Å². The van der Waals surface area contributed by atoms with Gasteiger partial charge in [-0.2, -0.15) is 0 Å². The summed E-state index contributed by atoms with van der Waals surface area (Å²) in [5.41, 5.74) is 0. The second-order valence-corrected chi connectivity index (χ2v) is 19.7. The molecule has 1 rings (SSSR count). The van der Waals surface area contributed by atoms with E-state index in [2.05, 4.69) is 43.5 Å². The summed E-state index contributed by atoms with van der Waals surface area (Å²) >= 11 is 0. The summed E-state index contributed by atoms with van der Waals surface area (Å²) in [5.74, 6) is -0.700. The van der Waals surface area contributed by atoms with Gasteiger partial charge in [0, 0.05) is 0 Å². The first-order chi connectivity index (χ1) is 32.2. The highest BCUT2D eigenvalue weighted by atomic mass is 16.7. The van der Waals surface area contributed by atoms with Crippen molar-refractivity contribution in [1.82, 2.24) is 5.32 Å². The van der Waals surface area contributed by atoms with Crippen molar-refractivity contribution in [2.45, 2.75) is 306 Å². The van der Waals surface area contributed by atoms with Gasteiger partial charge in [0.15, 0.2) is 6.29 Å². The highest BCUT2D eigenvalue weighted by Crippen LogP contribution is 2.23. The Kier molecular flexibility index (Phi) is 42.5. The molecule has 0 bridgehead atoms. The quantitative estimate of drug-likeness (QED) is 0.0215. The number of amides is 1. The van der Waals surface area contributed by atoms with Crippen molar-refractivity contribution >= 4 is 5.91 Å². The van der Waals surface area contributed by atoms with E-state index in [1.165, 1.54) is 161 Å². The lowest BCUT2D eigenvalue weighted by atomic mass is 9.98. The molecule has 1 saturated heterocycles. The summed E-state index contributed by atoms with van der Waals surface area (Å²) in [6, 6.07) is -1.16. The second-order valence-electron chi connectivity index (χ2n) is 19.7. The van der Waals surface area contributed by atoms with Crippen molar-refractivity contribution < 1.29 is 50.0 Å². The van der Waals surface area contributed by atoms with E-state index in [1.807, 2.05) is 0 Å². The van der Waals surface area contributed by atoms with Crippen LogP contribution in [0.5, 0.6) is 0 Å². The molecule has 1 aliphatic heterocycles. The Morgan fingerprint density at radius 1 is 0.530 bits per heavy atom. The monoisotopic (exact) mass is 940 g/mol. The molecule has 9 unspecified atom stereocenters. The van der Waals surface area contributed by atoms with E-state index in [0.717, 1.165) is 51.4 Å². The van der Waals surface area contributed by atoms with E-state index in [1.54, 1.807) is 0 Å². The summed E-state index contributed by atoms with van der Waals surface area (Å²) < 4.78 is 11.0. The molecule has 11 nitrogen and oxygen atoms in total. The minimum Gasteiger partial charge on any atom is -0.394 e. The van der Waals surface area contributed by atoms with Crippen LogP contribution in [0, 0.1) is 0 Å². The molecule has 0 saturated carbocycles. The molecular weight excluding hydrogens is 835 g/mol. The van der Waals surface area contributed by atoms with Gasteiger partial charge in [-0.15, -0.1) is 0 Å². The minimum atomic E-state index is -1.66. The highest BCUT2D eigenvalue weighted by Gasteiger charge is 2.44. The standard InChI is InChI=1S/C55H105NO10/c1-3-5-7-9-10-11-12-13-14-15-16-17-18-19-20-21-22-23-24-25-26-27-28-29-30-31-32-33-34-35-36-37-39-41-43-48(59)54(64)56-46(50(60)47(58)42-40-38-8-6-4-2)45-65-55-53(63)52(62)51(61)49(44-57)66-55/h18-19,21-22,46-53,55,57-63H,3-17,20,23-45H2,1-2H3,(H,56,64)/b19-18-,22-21-. The van der Waals surface area contributed by atoms with E-state index in [0.29, 0.717) is 19.3 Å². The predicted octanol–water partition coefficient (Wildman–Crippen LogP) is 11.0. The van der Waals surface area contributed by atoms with Crippen LogP contribution < -0.4 is 5.32 Å². The fraction of sp³-hybridized carbons (Fsp3) is 0.909. The first-order valence-corrected chi connectivity index (χ1v) is 27.7. The number of carbonyl (C=O) groups is 1. The van der Waals surface area contributed by atoms with Crippen LogP contribution in [0.1, 0.15) is 251 Å². The van der Waals surface area contributed by atoms with Crippen LogP contribution in [0.25, 0.3) is 0 Å². The fourth-order valence-electron chi connectivity index (χ4n) is 8.94. The van der Waals surface area contributed by atoms with Gasteiger partial charge in [-0.1, -0.05) is 231 Å². The number of hydrogen-bond acceptors (Lipinski definition) is 10. The van der Waals surface area contributed by atoms with E-state index >= 15 is 0 Å². The third-order valence-corrected chi connectivity index (χ3v) is 13.5. The van der Waals surface area contributed by atoms with Gasteiger partial charge in [0.05, 0.1) is 25.4 Å². The molecule has 0 aromatic carbocycles. The van der Waals surface area contributed by atoms with E-state index in [4.69, 9.17) is 9.47 Å². The fourth-order valence-corrected chi connectivity index (χ4v) is 8.94. The highest BCUT2D eigenvalue weighted by molar-refractivity contribution is 5.80. The average Bonchev–Trinajstić information content (AvgIpc) is 3.32. The van der Waals surface area contributed by atoms with Crippen LogP contribution in [0.2, 0.25) is 0 Å². The van der Waals surface area contributed by atoms with Gasteiger partial charge in [-0.05, 0) is 44.9 Å². The smallest absolute Gasteiger partial charge is 0.249 e. The van der Waals surface area contributed by atoms with Crippen LogP contribution in [0.4, 0.5) is 0 Å². The van der Waals surface area contributed by atoms with Crippen molar-refractivity contribution in [2.75, 3.05) is 13.2 Å². The van der Waals surface area contributed by atoms with Crippen LogP contribution in [-0.4, -0.2) is 110 Å². The Labute approximate surface area is 404 Å². The summed E-state index contributed by atoms with van der Waals surface area (Å²) in [6.07, 6.45) is 41.9. The number of nitrogens with one attached hydrogen (secondary N) is 1. The molecule has 66 heavy (non-hydrogen) atoms. The third-order valence-electron chi connectivity index (χ3n) is 13.5. The largest absolute Gasteiger partial charge is 0.394 e. The van der Waals surface area contributed by atoms with Crippen molar-refractivity contribution in [2.24, 2.45) is 0 Å². The van der Waals surface area contributed by atoms with E-state index in [-0.39, 0.29) is 6.42 Å². The molecule has 390 valence electrons. The zero-order valence-corrected chi connectivity index (χ0v) is 42.4. The van der Waals surface area contributed by atoms with Gasteiger partial charge in [0.1, 0.15) is 36.6 Å². The Hall–Kier alpha value is -1.41. The molecule has 0 aromatic rings. The molecule has 1 fully saturated rings. The van der Waals surface area contributed by atoms with E-state index in [9.17, 15) is 40.5 Å². The lowest BCUT2D eigenvalue weighted by molar-refractivity contribution is -0.303. The number of unbranched alkanes of at least 4 members (excludes halogenated alkanes) is 31. The maximum Gasteiger partial charge on any atom is 0.249 e. The van der Waals surface area contributed by atoms with Gasteiger partial charge in [0.25, 0.3) is 0 Å². The van der Waals surface area contributed by atoms with Gasteiger partial charge < -0.3 is 50.5 Å². The zero-order valence-electron chi connectivity index (χ0n) is 42.4. The molecule has 0 spiro atoms. The van der Waals surface area contributed by atoms with E-state index < -0.39 is 74.2 Å². The maximum atomic E-state index is 13.0. The van der Waals surface area contributed by atoms with Gasteiger partial charge >= 0.3 is 0 Å². The first kappa shape index (κ1) is 62.6. The number of allylic oxidation sites excluding steroid dienone is 4. The topological polar surface area (TPSA) is 189 Å². The van der Waals surface area contributed by atoms with Crippen molar-refractivity contribution in [3.8, 4) is 0 Å². The van der Waals surface area contributed by atoms with Crippen molar-refractivity contribution in [1.29, 1.82) is 0 Å². The molecule has 0 aliphatic carbocycles. The van der Waals surface area contributed by atoms with Crippen LogP contribution in [0.3, 0.4) is 0 Å². The molecule has 1 heterocycles. The summed E-state index contributed by atoms with van der Waals surface area (Å²) in [4.78, 5) is 13.0. The lowest BCUT2D eigenvalue weighted by Gasteiger charge is -2.40. The summed E-state index contributed by atoms with van der Waals surface area (Å²) in [6.45, 7) is 3.34. The zero-order chi connectivity index (χ0) is 48.3. The van der Waals surface area contributed by atoms with Crippen molar-refractivity contribution in [3.05, 3.63) is 24.3 Å². The molecule has 0 radical (unpaired) electrons. The Morgan fingerprint density at radius 2 is 0.924 bits per heavy atom. The van der Waals surface area contributed by atoms with Gasteiger partial charge in [0.2, 0.25) is 5.91 Å². The maximum absolute atomic E-state index is 13.0. The molecule has 11 heteroatoms. The van der Waals surface area contributed by atoms with Crippen LogP contribution in [-0.2, 0) is 14.3 Å². The first-order valence-electron chi connectivity index (χ1n) is 27.7. The number of carbonyl (C=O) groups excluding carboxylic acids is 1. The number of aliphatic hydroxyl groups excluding tert-OH is 7. The molecular formula is C55H105NO10. The van der Waals surface area contributed by atoms with Crippen LogP contribution >= 0.6 is 0 Å². The molecule has 1 amide bonds. The molecule has 9 atom stereocenters. The Balaban J connectivity index is 2.07. The lowest BCUT2D eigenvalue weighted by Crippen LogP contribution is -2.60. The number of ether oxygens (including phenoxy) is 2. The summed E-state index contributed by atoms with van der Waals surface area (Å²) in [7, 11) is 0. The normalized spacial score (nSPS) is 20.9. The van der Waals surface area contributed by atoms with Gasteiger partial charge in [-0.25, -0.2) is 0 Å². The minimum absolute atomic E-state index is 0.261. The number of rotatable bonds is 47. The Morgan fingerprint density at radius 3 is 1.35 bits per heavy atom. The average molecular weight is 940 g/mol. The molecule has 8 N–H and O–H groups in total. The summed E-state index contributed by atoms with van der Waals surface area (Å²) in [5, 5.41) is 75.2. The number of hydrogen-bond donors (Lipinski definition) is 8. The third kappa shape index (κ3) is 33.2. The molecule has 0 aromatic heterocycles.